The SMILES string of the molecule is COc1ccc(OC)c(N(CC(=O)Nc2ccc(S(=O)(=O)Nc3ccc(Cl)c(C(F)(F)F)c3)cc2)S(=O)(=O)c2ccc(OC)c(OC)c2)c1. The van der Waals surface area contributed by atoms with Crippen LogP contribution in [-0.4, -0.2) is 57.7 Å². The zero-order valence-electron chi connectivity index (χ0n) is 26.2. The number of anilines is 3. The summed E-state index contributed by atoms with van der Waals surface area (Å²) in [6.45, 7) is -0.778. The van der Waals surface area contributed by atoms with Crippen molar-refractivity contribution in [3.63, 3.8) is 0 Å². The summed E-state index contributed by atoms with van der Waals surface area (Å²) in [6.07, 6.45) is -4.81. The van der Waals surface area contributed by atoms with Crippen LogP contribution < -0.4 is 33.3 Å². The molecule has 4 aromatic carbocycles. The molecule has 0 saturated heterocycles. The number of methoxy groups -OCH3 is 4. The van der Waals surface area contributed by atoms with Crippen molar-refractivity contribution < 1.29 is 53.7 Å². The van der Waals surface area contributed by atoms with E-state index in [0.29, 0.717) is 6.07 Å². The Hall–Kier alpha value is -4.87. The van der Waals surface area contributed by atoms with Crippen molar-refractivity contribution in [2.24, 2.45) is 0 Å². The third kappa shape index (κ3) is 8.41. The number of nitrogens with zero attached hydrogens (tertiary/aromatic N) is 1. The number of carbonyl (C=O) groups excluding carboxylic acids is 1. The predicted octanol–water partition coefficient (Wildman–Crippen LogP) is 6.03. The monoisotopic (exact) mass is 743 g/mol. The number of halogens is 4. The molecule has 0 aromatic heterocycles. The van der Waals surface area contributed by atoms with E-state index < -0.39 is 49.3 Å². The molecule has 18 heteroatoms. The third-order valence-electron chi connectivity index (χ3n) is 6.86. The molecule has 0 atom stereocenters. The van der Waals surface area contributed by atoms with Crippen LogP contribution in [0.15, 0.2) is 88.7 Å². The Kier molecular flexibility index (Phi) is 11.1. The van der Waals surface area contributed by atoms with Gasteiger partial charge in [-0.2, -0.15) is 13.2 Å². The van der Waals surface area contributed by atoms with E-state index in [2.05, 4.69) is 10.0 Å². The summed E-state index contributed by atoms with van der Waals surface area (Å²) < 4.78 is 118. The van der Waals surface area contributed by atoms with Gasteiger partial charge in [0.05, 0.1) is 54.5 Å². The first-order chi connectivity index (χ1) is 23.0. The number of alkyl halides is 3. The fraction of sp³-hybridized carbons (Fsp3) is 0.194. The van der Waals surface area contributed by atoms with Gasteiger partial charge >= 0.3 is 6.18 Å². The van der Waals surface area contributed by atoms with Crippen LogP contribution in [-0.2, 0) is 31.0 Å². The largest absolute Gasteiger partial charge is 0.497 e. The highest BCUT2D eigenvalue weighted by molar-refractivity contribution is 7.93. The van der Waals surface area contributed by atoms with Gasteiger partial charge in [-0.3, -0.25) is 13.8 Å². The van der Waals surface area contributed by atoms with E-state index in [0.717, 1.165) is 28.6 Å². The predicted molar refractivity (Wildman–Crippen MR) is 176 cm³/mol. The molecule has 0 saturated carbocycles. The van der Waals surface area contributed by atoms with E-state index in [1.165, 1.54) is 77.0 Å². The Morgan fingerprint density at radius 2 is 1.33 bits per heavy atom. The van der Waals surface area contributed by atoms with Crippen LogP contribution >= 0.6 is 11.6 Å². The number of benzene rings is 4. The molecule has 0 fully saturated rings. The van der Waals surface area contributed by atoms with Crippen molar-refractivity contribution in [1.29, 1.82) is 0 Å². The van der Waals surface area contributed by atoms with Crippen LogP contribution in [0, 0.1) is 0 Å². The summed E-state index contributed by atoms with van der Waals surface area (Å²) in [5, 5.41) is 1.91. The molecule has 4 rings (SSSR count). The first-order valence-electron chi connectivity index (χ1n) is 13.8. The second-order valence-corrected chi connectivity index (χ2v) is 13.9. The van der Waals surface area contributed by atoms with Crippen molar-refractivity contribution in [2.75, 3.05) is 49.3 Å². The number of sulfonamides is 2. The lowest BCUT2D eigenvalue weighted by Gasteiger charge is -2.26. The maximum atomic E-state index is 14.1. The number of rotatable bonds is 13. The minimum absolute atomic E-state index is 0.0322. The van der Waals surface area contributed by atoms with Gasteiger partial charge in [-0.25, -0.2) is 16.8 Å². The molecule has 0 heterocycles. The van der Waals surface area contributed by atoms with Gasteiger partial charge in [0.1, 0.15) is 18.0 Å². The summed E-state index contributed by atoms with van der Waals surface area (Å²) in [7, 11) is -3.45. The molecule has 49 heavy (non-hydrogen) atoms. The summed E-state index contributed by atoms with van der Waals surface area (Å²) >= 11 is 5.61. The van der Waals surface area contributed by atoms with Gasteiger partial charge in [-0.1, -0.05) is 11.6 Å². The number of carbonyl (C=O) groups is 1. The third-order valence-corrected chi connectivity index (χ3v) is 10.3. The highest BCUT2D eigenvalue weighted by atomic mass is 35.5. The average Bonchev–Trinajstić information content (AvgIpc) is 3.06. The summed E-state index contributed by atoms with van der Waals surface area (Å²) in [6, 6.07) is 15.4. The number of ether oxygens (including phenoxy) is 4. The minimum atomic E-state index is -4.81. The minimum Gasteiger partial charge on any atom is -0.497 e. The van der Waals surface area contributed by atoms with Crippen molar-refractivity contribution >= 4 is 54.6 Å². The van der Waals surface area contributed by atoms with Crippen molar-refractivity contribution in [1.82, 2.24) is 0 Å². The van der Waals surface area contributed by atoms with Crippen LogP contribution in [0.3, 0.4) is 0 Å². The molecule has 4 aromatic rings. The summed E-state index contributed by atoms with van der Waals surface area (Å²) in [4.78, 5) is 12.8. The van der Waals surface area contributed by atoms with E-state index in [4.69, 9.17) is 30.5 Å². The van der Waals surface area contributed by atoms with Crippen LogP contribution in [0.4, 0.5) is 30.2 Å². The second kappa shape index (κ2) is 14.7. The lowest BCUT2D eigenvalue weighted by atomic mass is 10.2. The van der Waals surface area contributed by atoms with Crippen LogP contribution in [0.1, 0.15) is 5.56 Å². The van der Waals surface area contributed by atoms with Crippen LogP contribution in [0.2, 0.25) is 5.02 Å². The second-order valence-electron chi connectivity index (χ2n) is 9.94. The van der Waals surface area contributed by atoms with Gasteiger partial charge < -0.3 is 24.3 Å². The summed E-state index contributed by atoms with van der Waals surface area (Å²) in [5.41, 5.74) is -1.55. The van der Waals surface area contributed by atoms with Crippen LogP contribution in [0.5, 0.6) is 23.0 Å². The van der Waals surface area contributed by atoms with E-state index in [-0.39, 0.29) is 49.9 Å². The highest BCUT2D eigenvalue weighted by Gasteiger charge is 2.34. The molecule has 12 nitrogen and oxygen atoms in total. The number of amides is 1. The zero-order chi connectivity index (χ0) is 36.1. The standard InChI is InChI=1S/C31H29ClF3N3O9S2/c1-44-21-8-13-27(45-2)26(16-21)38(49(42,43)23-11-14-28(46-3)29(17-23)47-4)18-30(39)36-19-5-9-22(10-6-19)48(40,41)37-20-7-12-25(32)24(15-20)31(33,34)35/h5-17,37H,18H2,1-4H3,(H,36,39). The Morgan fingerprint density at radius 1 is 0.735 bits per heavy atom. The molecule has 0 aliphatic carbocycles. The zero-order valence-corrected chi connectivity index (χ0v) is 28.6. The summed E-state index contributed by atoms with van der Waals surface area (Å²) in [5.74, 6) is -0.0785. The Bertz CT molecular complexity index is 2060. The van der Waals surface area contributed by atoms with E-state index >= 15 is 0 Å². The quantitative estimate of drug-likeness (QED) is 0.168. The molecular weight excluding hydrogens is 715 g/mol. The first kappa shape index (κ1) is 37.0. The van der Waals surface area contributed by atoms with Crippen molar-refractivity contribution in [3.8, 4) is 23.0 Å². The Morgan fingerprint density at radius 3 is 1.92 bits per heavy atom. The Labute approximate surface area is 285 Å². The first-order valence-corrected chi connectivity index (χ1v) is 17.1. The molecular formula is C31H29ClF3N3O9S2. The number of hydrogen-bond donors (Lipinski definition) is 2. The van der Waals surface area contributed by atoms with Gasteiger partial charge in [0.2, 0.25) is 5.91 Å². The van der Waals surface area contributed by atoms with Gasteiger partial charge in [-0.05, 0) is 66.7 Å². The molecule has 0 unspecified atom stereocenters. The lowest BCUT2D eigenvalue weighted by Crippen LogP contribution is -2.38. The maximum Gasteiger partial charge on any atom is 0.417 e. The lowest BCUT2D eigenvalue weighted by molar-refractivity contribution is -0.137. The average molecular weight is 744 g/mol. The normalized spacial score (nSPS) is 11.8. The van der Waals surface area contributed by atoms with Crippen LogP contribution in [0.25, 0.3) is 0 Å². The van der Waals surface area contributed by atoms with E-state index in [1.807, 2.05) is 0 Å². The van der Waals surface area contributed by atoms with E-state index in [9.17, 15) is 34.8 Å². The maximum absolute atomic E-state index is 14.1. The number of nitrogens with one attached hydrogen (secondary N) is 2. The Balaban J connectivity index is 1.62. The fourth-order valence-electron chi connectivity index (χ4n) is 4.46. The van der Waals surface area contributed by atoms with Gasteiger partial charge in [0.25, 0.3) is 20.0 Å². The molecule has 0 radical (unpaired) electrons. The molecule has 262 valence electrons. The smallest absolute Gasteiger partial charge is 0.417 e. The molecule has 2 N–H and O–H groups in total. The molecule has 0 aliphatic rings. The molecule has 1 amide bonds. The van der Waals surface area contributed by atoms with Gasteiger partial charge in [0.15, 0.2) is 11.5 Å². The molecule has 0 spiro atoms. The van der Waals surface area contributed by atoms with Crippen molar-refractivity contribution in [3.05, 3.63) is 89.4 Å². The fourth-order valence-corrected chi connectivity index (χ4v) is 7.18. The van der Waals surface area contributed by atoms with Gasteiger partial charge in [0, 0.05) is 23.5 Å². The number of hydrogen-bond acceptors (Lipinski definition) is 9. The van der Waals surface area contributed by atoms with E-state index in [1.54, 1.807) is 0 Å². The van der Waals surface area contributed by atoms with Gasteiger partial charge in [-0.15, -0.1) is 0 Å². The van der Waals surface area contributed by atoms with Crippen molar-refractivity contribution in [2.45, 2.75) is 16.0 Å². The molecule has 0 bridgehead atoms. The topological polar surface area (TPSA) is 150 Å². The highest BCUT2D eigenvalue weighted by Crippen LogP contribution is 2.38. The molecule has 0 aliphatic heterocycles.